The number of nitrogens with zero attached hydrogens (tertiary/aromatic N) is 1. The Labute approximate surface area is 121 Å². The molecule has 0 saturated carbocycles. The van der Waals surface area contributed by atoms with Crippen molar-refractivity contribution in [3.63, 3.8) is 0 Å². The minimum atomic E-state index is -3.72. The third-order valence-electron chi connectivity index (χ3n) is 3.19. The Balaban J connectivity index is 2.56. The summed E-state index contributed by atoms with van der Waals surface area (Å²) in [6, 6.07) is 4.31. The Hall–Kier alpha value is -2.35. The number of sulfone groups is 1. The lowest BCUT2D eigenvalue weighted by Crippen LogP contribution is -2.06. The van der Waals surface area contributed by atoms with Crippen LogP contribution < -0.4 is 4.74 Å². The standard InChI is InChI=1S/C13H13NO6S/c1-8-10(14(16)17)7-21(18,19)13(8)6-9-3-4-11(15)12(5-9)20-2/h3-6,15H,7H2,1-2H3/b13-6+. The Morgan fingerprint density at radius 1 is 1.43 bits per heavy atom. The van der Waals surface area contributed by atoms with E-state index in [0.717, 1.165) is 0 Å². The van der Waals surface area contributed by atoms with Crippen LogP contribution in [0.1, 0.15) is 12.5 Å². The highest BCUT2D eigenvalue weighted by Crippen LogP contribution is 2.34. The summed E-state index contributed by atoms with van der Waals surface area (Å²) in [5.41, 5.74) is 0.284. The predicted octanol–water partition coefficient (Wildman–Crippen LogP) is 1.72. The average molecular weight is 311 g/mol. The number of rotatable bonds is 3. The molecule has 0 atom stereocenters. The quantitative estimate of drug-likeness (QED) is 0.673. The Morgan fingerprint density at radius 2 is 2.10 bits per heavy atom. The molecular formula is C13H13NO6S. The summed E-state index contributed by atoms with van der Waals surface area (Å²) in [5.74, 6) is -0.490. The second kappa shape index (κ2) is 5.21. The van der Waals surface area contributed by atoms with E-state index in [0.29, 0.717) is 5.56 Å². The van der Waals surface area contributed by atoms with Crippen LogP contribution >= 0.6 is 0 Å². The molecule has 0 aromatic heterocycles. The fraction of sp³-hybridized carbons (Fsp3) is 0.231. The molecule has 8 heteroatoms. The van der Waals surface area contributed by atoms with Crippen molar-refractivity contribution in [2.45, 2.75) is 6.92 Å². The number of allylic oxidation sites excluding steroid dienone is 1. The topological polar surface area (TPSA) is 107 Å². The maximum Gasteiger partial charge on any atom is 0.265 e. The van der Waals surface area contributed by atoms with Gasteiger partial charge in [-0.2, -0.15) is 0 Å². The molecular weight excluding hydrogens is 298 g/mol. The first-order chi connectivity index (χ1) is 9.76. The molecule has 0 spiro atoms. The molecule has 1 aromatic carbocycles. The fourth-order valence-electron chi connectivity index (χ4n) is 2.06. The van der Waals surface area contributed by atoms with Crippen molar-refractivity contribution in [3.8, 4) is 11.5 Å². The van der Waals surface area contributed by atoms with Crippen molar-refractivity contribution < 1.29 is 23.2 Å². The first-order valence-corrected chi connectivity index (χ1v) is 7.57. The molecule has 112 valence electrons. The van der Waals surface area contributed by atoms with Crippen molar-refractivity contribution in [3.05, 3.63) is 50.1 Å². The van der Waals surface area contributed by atoms with Gasteiger partial charge in [-0.1, -0.05) is 6.07 Å². The molecule has 2 rings (SSSR count). The van der Waals surface area contributed by atoms with Gasteiger partial charge in [-0.25, -0.2) is 8.42 Å². The molecule has 0 bridgehead atoms. The molecule has 1 N–H and O–H groups in total. The molecule has 0 aliphatic carbocycles. The monoisotopic (exact) mass is 311 g/mol. The van der Waals surface area contributed by atoms with Gasteiger partial charge in [0.2, 0.25) is 0 Å². The van der Waals surface area contributed by atoms with Crippen LogP contribution in [-0.2, 0) is 9.84 Å². The molecule has 1 heterocycles. The van der Waals surface area contributed by atoms with Gasteiger partial charge >= 0.3 is 0 Å². The van der Waals surface area contributed by atoms with Gasteiger partial charge < -0.3 is 9.84 Å². The summed E-state index contributed by atoms with van der Waals surface area (Å²) in [4.78, 5) is 10.1. The van der Waals surface area contributed by atoms with Gasteiger partial charge in [0.15, 0.2) is 21.3 Å². The summed E-state index contributed by atoms with van der Waals surface area (Å²) >= 11 is 0. The van der Waals surface area contributed by atoms with Crippen LogP contribution in [0.5, 0.6) is 11.5 Å². The van der Waals surface area contributed by atoms with Gasteiger partial charge in [0.25, 0.3) is 5.70 Å². The first kappa shape index (κ1) is 15.0. The highest BCUT2D eigenvalue weighted by atomic mass is 32.2. The van der Waals surface area contributed by atoms with Crippen molar-refractivity contribution in [1.82, 2.24) is 0 Å². The Morgan fingerprint density at radius 3 is 2.62 bits per heavy atom. The van der Waals surface area contributed by atoms with Gasteiger partial charge in [-0.3, -0.25) is 10.1 Å². The normalized spacial score (nSPS) is 19.0. The van der Waals surface area contributed by atoms with Crippen LogP contribution in [0.2, 0.25) is 0 Å². The molecule has 1 aliphatic heterocycles. The first-order valence-electron chi connectivity index (χ1n) is 5.92. The lowest BCUT2D eigenvalue weighted by Gasteiger charge is -2.05. The number of benzene rings is 1. The number of hydrogen-bond donors (Lipinski definition) is 1. The number of phenolic OH excluding ortho intramolecular Hbond substituents is 1. The van der Waals surface area contributed by atoms with Gasteiger partial charge in [-0.05, 0) is 30.7 Å². The third-order valence-corrected chi connectivity index (χ3v) is 4.93. The van der Waals surface area contributed by atoms with Gasteiger partial charge in [0, 0.05) is 5.57 Å². The van der Waals surface area contributed by atoms with Gasteiger partial charge in [0.1, 0.15) is 5.75 Å². The predicted molar refractivity (Wildman–Crippen MR) is 76.1 cm³/mol. The Bertz CT molecular complexity index is 776. The largest absolute Gasteiger partial charge is 0.504 e. The van der Waals surface area contributed by atoms with Crippen molar-refractivity contribution in [2.75, 3.05) is 12.9 Å². The number of nitro groups is 1. The van der Waals surface area contributed by atoms with Gasteiger partial charge in [-0.15, -0.1) is 0 Å². The molecule has 0 fully saturated rings. The number of hydrogen-bond acceptors (Lipinski definition) is 6. The molecule has 0 amide bonds. The van der Waals surface area contributed by atoms with E-state index in [4.69, 9.17) is 4.74 Å². The number of ether oxygens (including phenoxy) is 1. The molecule has 1 aromatic rings. The molecule has 1 aliphatic rings. The third kappa shape index (κ3) is 2.75. The second-order valence-corrected chi connectivity index (χ2v) is 6.49. The highest BCUT2D eigenvalue weighted by molar-refractivity contribution is 7.96. The molecule has 21 heavy (non-hydrogen) atoms. The minimum Gasteiger partial charge on any atom is -0.504 e. The van der Waals surface area contributed by atoms with Crippen molar-refractivity contribution in [1.29, 1.82) is 0 Å². The van der Waals surface area contributed by atoms with E-state index >= 15 is 0 Å². The zero-order chi connectivity index (χ0) is 15.8. The highest BCUT2D eigenvalue weighted by Gasteiger charge is 2.38. The summed E-state index contributed by atoms with van der Waals surface area (Å²) in [5, 5.41) is 20.3. The SMILES string of the molecule is COc1cc(/C=C2\C(C)=C([N+](=O)[O-])CS2(=O)=O)ccc1O. The molecule has 0 radical (unpaired) electrons. The van der Waals surface area contributed by atoms with Gasteiger partial charge in [0.05, 0.1) is 16.9 Å². The molecule has 0 saturated heterocycles. The smallest absolute Gasteiger partial charge is 0.265 e. The van der Waals surface area contributed by atoms with Crippen LogP contribution in [-0.4, -0.2) is 31.3 Å². The summed E-state index contributed by atoms with van der Waals surface area (Å²) in [7, 11) is -2.35. The lowest BCUT2D eigenvalue weighted by molar-refractivity contribution is -0.424. The van der Waals surface area contributed by atoms with E-state index in [1.54, 1.807) is 0 Å². The Kier molecular flexibility index (Phi) is 3.73. The molecule has 0 unspecified atom stereocenters. The van der Waals surface area contributed by atoms with E-state index in [-0.39, 0.29) is 27.7 Å². The van der Waals surface area contributed by atoms with Crippen LogP contribution in [0.4, 0.5) is 0 Å². The molecule has 7 nitrogen and oxygen atoms in total. The summed E-state index contributed by atoms with van der Waals surface area (Å²) in [6.45, 7) is 1.41. The summed E-state index contributed by atoms with van der Waals surface area (Å²) in [6.07, 6.45) is 1.34. The second-order valence-electron chi connectivity index (χ2n) is 4.53. The lowest BCUT2D eigenvalue weighted by atomic mass is 10.1. The van der Waals surface area contributed by atoms with Crippen LogP contribution in [0.3, 0.4) is 0 Å². The van der Waals surface area contributed by atoms with Crippen LogP contribution in [0.15, 0.2) is 34.4 Å². The van der Waals surface area contributed by atoms with Crippen LogP contribution in [0, 0.1) is 10.1 Å². The maximum absolute atomic E-state index is 12.0. The van der Waals surface area contributed by atoms with E-state index in [1.165, 1.54) is 38.3 Å². The number of aromatic hydroxyl groups is 1. The zero-order valence-corrected chi connectivity index (χ0v) is 12.2. The number of phenols is 1. The van der Waals surface area contributed by atoms with Crippen molar-refractivity contribution in [2.24, 2.45) is 0 Å². The van der Waals surface area contributed by atoms with Crippen LogP contribution in [0.25, 0.3) is 6.08 Å². The zero-order valence-electron chi connectivity index (χ0n) is 11.4. The van der Waals surface area contributed by atoms with E-state index in [1.807, 2.05) is 0 Å². The summed E-state index contributed by atoms with van der Waals surface area (Å²) < 4.78 is 29.0. The van der Waals surface area contributed by atoms with E-state index < -0.39 is 20.5 Å². The minimum absolute atomic E-state index is 0.0767. The van der Waals surface area contributed by atoms with E-state index in [9.17, 15) is 23.6 Å². The van der Waals surface area contributed by atoms with E-state index in [2.05, 4.69) is 0 Å². The number of methoxy groups -OCH3 is 1. The fourth-order valence-corrected chi connectivity index (χ4v) is 3.80. The maximum atomic E-state index is 12.0. The van der Waals surface area contributed by atoms with Crippen molar-refractivity contribution >= 4 is 15.9 Å². The average Bonchev–Trinajstić information content (AvgIpc) is 2.64.